The minimum Gasteiger partial charge on any atom is -0.384 e. The van der Waals surface area contributed by atoms with E-state index in [0.717, 1.165) is 23.6 Å². The Labute approximate surface area is 112 Å². The maximum absolute atomic E-state index is 4.22. The Morgan fingerprint density at radius 2 is 1.94 bits per heavy atom. The van der Waals surface area contributed by atoms with Crippen molar-refractivity contribution in [3.63, 3.8) is 0 Å². The van der Waals surface area contributed by atoms with Gasteiger partial charge >= 0.3 is 0 Å². The second kappa shape index (κ2) is 6.31. The quantitative estimate of drug-likeness (QED) is 0.796. The van der Waals surface area contributed by atoms with Gasteiger partial charge in [-0.05, 0) is 31.4 Å². The fraction of sp³-hybridized carbons (Fsp3) is 0.214. The topological polar surface area (TPSA) is 37.0 Å². The first-order chi connectivity index (χ1) is 8.83. The summed E-state index contributed by atoms with van der Waals surface area (Å²) in [4.78, 5) is 5.45. The van der Waals surface area contributed by atoms with E-state index in [2.05, 4.69) is 47.0 Å². The number of aromatic nitrogens is 1. The summed E-state index contributed by atoms with van der Waals surface area (Å²) in [6.45, 7) is 2.97. The predicted octanol–water partition coefficient (Wildman–Crippen LogP) is 3.98. The van der Waals surface area contributed by atoms with E-state index in [1.165, 1.54) is 4.90 Å². The van der Waals surface area contributed by atoms with Gasteiger partial charge in [-0.3, -0.25) is 4.98 Å². The number of hydrogen-bond donors (Lipinski definition) is 2. The molecule has 0 radical (unpaired) electrons. The summed E-state index contributed by atoms with van der Waals surface area (Å²) in [7, 11) is 0. The van der Waals surface area contributed by atoms with E-state index < -0.39 is 0 Å². The van der Waals surface area contributed by atoms with Crippen molar-refractivity contribution < 1.29 is 0 Å². The summed E-state index contributed by atoms with van der Waals surface area (Å²) in [5.74, 6) is 0. The van der Waals surface area contributed by atoms with Crippen LogP contribution >= 0.6 is 11.8 Å². The van der Waals surface area contributed by atoms with Crippen molar-refractivity contribution in [1.82, 2.24) is 4.98 Å². The maximum atomic E-state index is 4.22. The zero-order chi connectivity index (χ0) is 12.8. The molecule has 3 nitrogen and oxygen atoms in total. The molecule has 1 aromatic heterocycles. The van der Waals surface area contributed by atoms with Crippen molar-refractivity contribution in [1.29, 1.82) is 0 Å². The van der Waals surface area contributed by atoms with Gasteiger partial charge < -0.3 is 10.6 Å². The van der Waals surface area contributed by atoms with Crippen LogP contribution in [0.2, 0.25) is 0 Å². The molecular weight excluding hydrogens is 242 g/mol. The average molecular weight is 259 g/mol. The van der Waals surface area contributed by atoms with Gasteiger partial charge in [0.15, 0.2) is 0 Å². The lowest BCUT2D eigenvalue weighted by Gasteiger charge is -2.11. The zero-order valence-electron chi connectivity index (χ0n) is 10.6. The lowest BCUT2D eigenvalue weighted by Crippen LogP contribution is -1.99. The third-order valence-electron chi connectivity index (χ3n) is 2.51. The van der Waals surface area contributed by atoms with Crippen LogP contribution in [-0.2, 0) is 0 Å². The Bertz CT molecular complexity index is 514. The molecule has 0 aliphatic rings. The summed E-state index contributed by atoms with van der Waals surface area (Å²) in [6, 6.07) is 10.3. The first-order valence-electron chi connectivity index (χ1n) is 5.92. The van der Waals surface area contributed by atoms with Crippen LogP contribution in [0.25, 0.3) is 0 Å². The molecule has 0 saturated carbocycles. The van der Waals surface area contributed by atoms with Gasteiger partial charge in [-0.2, -0.15) is 0 Å². The highest BCUT2D eigenvalue weighted by Gasteiger charge is 2.01. The molecule has 0 unspecified atom stereocenters. The smallest absolute Gasteiger partial charge is 0.0591 e. The largest absolute Gasteiger partial charge is 0.384 e. The first-order valence-corrected chi connectivity index (χ1v) is 7.15. The molecule has 0 fully saturated rings. The third-order valence-corrected chi connectivity index (χ3v) is 3.30. The zero-order valence-corrected chi connectivity index (χ0v) is 11.4. The molecule has 2 rings (SSSR count). The summed E-state index contributed by atoms with van der Waals surface area (Å²) in [5, 5.41) is 6.65. The number of pyridine rings is 1. The van der Waals surface area contributed by atoms with Crippen LogP contribution in [-0.4, -0.2) is 17.8 Å². The Kier molecular flexibility index (Phi) is 4.47. The Morgan fingerprint density at radius 3 is 2.72 bits per heavy atom. The Hall–Kier alpha value is -1.68. The van der Waals surface area contributed by atoms with Crippen molar-refractivity contribution in [2.75, 3.05) is 23.4 Å². The van der Waals surface area contributed by atoms with Gasteiger partial charge in [0, 0.05) is 11.4 Å². The standard InChI is InChI=1S/C14H17N3S/c1-3-16-11-8-12(10-15-9-11)17-13-6-4-5-7-14(13)18-2/h4-10,16-17H,3H2,1-2H3. The molecule has 2 aromatic rings. The molecule has 1 aromatic carbocycles. The summed E-state index contributed by atoms with van der Waals surface area (Å²) >= 11 is 1.73. The number of benzene rings is 1. The highest BCUT2D eigenvalue weighted by molar-refractivity contribution is 7.98. The van der Waals surface area contributed by atoms with Crippen LogP contribution in [0, 0.1) is 0 Å². The van der Waals surface area contributed by atoms with Crippen molar-refractivity contribution in [3.8, 4) is 0 Å². The maximum Gasteiger partial charge on any atom is 0.0591 e. The van der Waals surface area contributed by atoms with E-state index in [1.54, 1.807) is 11.8 Å². The van der Waals surface area contributed by atoms with Gasteiger partial charge in [-0.25, -0.2) is 0 Å². The predicted molar refractivity (Wildman–Crippen MR) is 79.9 cm³/mol. The third kappa shape index (κ3) is 3.17. The highest BCUT2D eigenvalue weighted by Crippen LogP contribution is 2.28. The van der Waals surface area contributed by atoms with Crippen molar-refractivity contribution in [2.45, 2.75) is 11.8 Å². The lowest BCUT2D eigenvalue weighted by atomic mass is 10.3. The van der Waals surface area contributed by atoms with E-state index in [4.69, 9.17) is 0 Å². The molecule has 0 spiro atoms. The molecule has 0 atom stereocenters. The highest BCUT2D eigenvalue weighted by atomic mass is 32.2. The number of rotatable bonds is 5. The van der Waals surface area contributed by atoms with E-state index in [9.17, 15) is 0 Å². The first kappa shape index (κ1) is 12.8. The molecular formula is C14H17N3S. The second-order valence-electron chi connectivity index (χ2n) is 3.82. The molecule has 0 aliphatic heterocycles. The van der Waals surface area contributed by atoms with Crippen molar-refractivity contribution in [3.05, 3.63) is 42.7 Å². The molecule has 94 valence electrons. The van der Waals surface area contributed by atoms with Gasteiger partial charge in [0.2, 0.25) is 0 Å². The number of anilines is 3. The Balaban J connectivity index is 2.20. The van der Waals surface area contributed by atoms with Crippen LogP contribution in [0.5, 0.6) is 0 Å². The molecule has 0 saturated heterocycles. The van der Waals surface area contributed by atoms with Crippen LogP contribution in [0.1, 0.15) is 6.92 Å². The van der Waals surface area contributed by atoms with E-state index in [1.807, 2.05) is 24.5 Å². The van der Waals surface area contributed by atoms with Gasteiger partial charge in [0.25, 0.3) is 0 Å². The molecule has 1 heterocycles. The van der Waals surface area contributed by atoms with Gasteiger partial charge in [-0.15, -0.1) is 11.8 Å². The van der Waals surface area contributed by atoms with E-state index in [-0.39, 0.29) is 0 Å². The minimum atomic E-state index is 0.895. The molecule has 4 heteroatoms. The fourth-order valence-corrected chi connectivity index (χ4v) is 2.27. The van der Waals surface area contributed by atoms with Crippen LogP contribution in [0.3, 0.4) is 0 Å². The molecule has 2 N–H and O–H groups in total. The SMILES string of the molecule is CCNc1cncc(Nc2ccccc2SC)c1. The lowest BCUT2D eigenvalue weighted by molar-refractivity contribution is 1.19. The van der Waals surface area contributed by atoms with Gasteiger partial charge in [0.1, 0.15) is 0 Å². The van der Waals surface area contributed by atoms with Crippen molar-refractivity contribution in [2.24, 2.45) is 0 Å². The summed E-state index contributed by atoms with van der Waals surface area (Å²) in [5.41, 5.74) is 3.14. The summed E-state index contributed by atoms with van der Waals surface area (Å²) in [6.07, 6.45) is 5.74. The van der Waals surface area contributed by atoms with Crippen LogP contribution < -0.4 is 10.6 Å². The van der Waals surface area contributed by atoms with Crippen LogP contribution in [0.4, 0.5) is 17.1 Å². The van der Waals surface area contributed by atoms with E-state index >= 15 is 0 Å². The van der Waals surface area contributed by atoms with Gasteiger partial charge in [0.05, 0.1) is 29.5 Å². The number of para-hydroxylation sites is 1. The molecule has 18 heavy (non-hydrogen) atoms. The molecule has 0 aliphatic carbocycles. The number of nitrogens with one attached hydrogen (secondary N) is 2. The second-order valence-corrected chi connectivity index (χ2v) is 4.67. The normalized spacial score (nSPS) is 10.1. The minimum absolute atomic E-state index is 0.895. The monoisotopic (exact) mass is 259 g/mol. The number of thioether (sulfide) groups is 1. The fourth-order valence-electron chi connectivity index (χ4n) is 1.71. The average Bonchev–Trinajstić information content (AvgIpc) is 2.40. The molecule has 0 amide bonds. The van der Waals surface area contributed by atoms with Crippen molar-refractivity contribution >= 4 is 28.8 Å². The number of hydrogen-bond acceptors (Lipinski definition) is 4. The number of nitrogens with zero attached hydrogens (tertiary/aromatic N) is 1. The Morgan fingerprint density at radius 1 is 1.17 bits per heavy atom. The van der Waals surface area contributed by atoms with Crippen LogP contribution in [0.15, 0.2) is 47.6 Å². The summed E-state index contributed by atoms with van der Waals surface area (Å²) < 4.78 is 0. The van der Waals surface area contributed by atoms with Gasteiger partial charge in [-0.1, -0.05) is 12.1 Å². The van der Waals surface area contributed by atoms with E-state index in [0.29, 0.717) is 0 Å². The molecule has 0 bridgehead atoms.